The van der Waals surface area contributed by atoms with Gasteiger partial charge >= 0.3 is 0 Å². The van der Waals surface area contributed by atoms with Crippen LogP contribution in [0.3, 0.4) is 0 Å². The maximum Gasteiger partial charge on any atom is 0.220 e. The van der Waals surface area contributed by atoms with E-state index in [0.29, 0.717) is 12.8 Å². The molecule has 0 saturated carbocycles. The molecule has 2 atom stereocenters. The Hall–Kier alpha value is -1.06. The molecule has 2 heterocycles. The topological polar surface area (TPSA) is 58.2 Å². The van der Waals surface area contributed by atoms with E-state index in [9.17, 15) is 9.59 Å². The van der Waals surface area contributed by atoms with Gasteiger partial charge < -0.3 is 10.6 Å². The van der Waals surface area contributed by atoms with E-state index in [1.807, 2.05) is 0 Å². The highest BCUT2D eigenvalue weighted by atomic mass is 16.2. The summed E-state index contributed by atoms with van der Waals surface area (Å²) in [4.78, 5) is 21.7. The Morgan fingerprint density at radius 3 is 1.58 bits per heavy atom. The van der Waals surface area contributed by atoms with Crippen molar-refractivity contribution in [1.82, 2.24) is 10.6 Å². The molecule has 0 aromatic heterocycles. The summed E-state index contributed by atoms with van der Waals surface area (Å²) in [7, 11) is 0. The zero-order valence-corrected chi connectivity index (χ0v) is 6.80. The fourth-order valence-electron chi connectivity index (χ4n) is 1.88. The Kier molecular flexibility index (Phi) is 1.75. The summed E-state index contributed by atoms with van der Waals surface area (Å²) in [6.45, 7) is 0. The number of rotatable bonds is 1. The fraction of sp³-hybridized carbons (Fsp3) is 0.750. The van der Waals surface area contributed by atoms with Gasteiger partial charge in [0.05, 0.1) is 0 Å². The molecule has 0 unspecified atom stereocenters. The van der Waals surface area contributed by atoms with Gasteiger partial charge in [-0.05, 0) is 12.8 Å². The first-order valence-corrected chi connectivity index (χ1v) is 4.34. The maximum atomic E-state index is 10.9. The molecule has 4 nitrogen and oxygen atoms in total. The predicted octanol–water partition coefficient (Wildman–Crippen LogP) is -0.456. The molecule has 0 aliphatic carbocycles. The van der Waals surface area contributed by atoms with E-state index in [2.05, 4.69) is 10.6 Å². The molecule has 0 bridgehead atoms. The quantitative estimate of drug-likeness (QED) is 0.557. The van der Waals surface area contributed by atoms with Gasteiger partial charge in [0.15, 0.2) is 0 Å². The van der Waals surface area contributed by atoms with Crippen molar-refractivity contribution in [3.05, 3.63) is 0 Å². The zero-order chi connectivity index (χ0) is 8.55. The lowest BCUT2D eigenvalue weighted by molar-refractivity contribution is -0.120. The number of carbonyl (C=O) groups is 2. The van der Waals surface area contributed by atoms with E-state index in [1.54, 1.807) is 0 Å². The molecule has 4 heteroatoms. The molecule has 12 heavy (non-hydrogen) atoms. The van der Waals surface area contributed by atoms with E-state index in [4.69, 9.17) is 0 Å². The second-order valence-corrected chi connectivity index (χ2v) is 3.43. The van der Waals surface area contributed by atoms with Crippen LogP contribution in [0.15, 0.2) is 0 Å². The van der Waals surface area contributed by atoms with Crippen molar-refractivity contribution in [2.75, 3.05) is 0 Å². The summed E-state index contributed by atoms with van der Waals surface area (Å²) < 4.78 is 0. The van der Waals surface area contributed by atoms with Crippen molar-refractivity contribution < 1.29 is 9.59 Å². The van der Waals surface area contributed by atoms with Crippen molar-refractivity contribution in [2.24, 2.45) is 0 Å². The van der Waals surface area contributed by atoms with Gasteiger partial charge in [-0.2, -0.15) is 0 Å². The molecule has 2 saturated heterocycles. The SMILES string of the molecule is O=C1CC[C@@H]([C@@H]2CCC(=O)N2)N1. The third kappa shape index (κ3) is 1.29. The summed E-state index contributed by atoms with van der Waals surface area (Å²) in [5.74, 6) is 0.224. The first-order chi connectivity index (χ1) is 5.75. The van der Waals surface area contributed by atoms with Crippen LogP contribution in [0, 0.1) is 0 Å². The Balaban J connectivity index is 1.93. The normalized spacial score (nSPS) is 35.0. The number of hydrogen-bond donors (Lipinski definition) is 2. The van der Waals surface area contributed by atoms with Crippen LogP contribution in [-0.4, -0.2) is 23.9 Å². The van der Waals surface area contributed by atoms with E-state index in [1.165, 1.54) is 0 Å². The smallest absolute Gasteiger partial charge is 0.220 e. The van der Waals surface area contributed by atoms with Gasteiger partial charge in [0.1, 0.15) is 0 Å². The number of nitrogens with one attached hydrogen (secondary N) is 2. The minimum atomic E-state index is 0.112. The molecule has 0 spiro atoms. The predicted molar refractivity (Wildman–Crippen MR) is 42.3 cm³/mol. The third-order valence-electron chi connectivity index (χ3n) is 2.54. The maximum absolute atomic E-state index is 10.9. The van der Waals surface area contributed by atoms with Crippen LogP contribution >= 0.6 is 0 Å². The molecule has 66 valence electrons. The largest absolute Gasteiger partial charge is 0.351 e. The highest BCUT2D eigenvalue weighted by Gasteiger charge is 2.32. The van der Waals surface area contributed by atoms with Gasteiger partial charge in [0, 0.05) is 24.9 Å². The highest BCUT2D eigenvalue weighted by Crippen LogP contribution is 2.17. The van der Waals surface area contributed by atoms with Gasteiger partial charge in [-0.3, -0.25) is 9.59 Å². The number of carbonyl (C=O) groups excluding carboxylic acids is 2. The van der Waals surface area contributed by atoms with Gasteiger partial charge in [0.25, 0.3) is 0 Å². The lowest BCUT2D eigenvalue weighted by Gasteiger charge is -2.17. The molecule has 0 aromatic carbocycles. The summed E-state index contributed by atoms with van der Waals surface area (Å²) >= 11 is 0. The molecule has 2 aliphatic heterocycles. The molecule has 2 N–H and O–H groups in total. The molecule has 2 amide bonds. The Bertz CT molecular complexity index is 203. The van der Waals surface area contributed by atoms with Crippen molar-refractivity contribution in [3.8, 4) is 0 Å². The molecule has 2 rings (SSSR count). The van der Waals surface area contributed by atoms with Crippen molar-refractivity contribution >= 4 is 11.8 Å². The first kappa shape index (κ1) is 7.58. The minimum absolute atomic E-state index is 0.112. The lowest BCUT2D eigenvalue weighted by Crippen LogP contribution is -2.43. The molecule has 0 radical (unpaired) electrons. The summed E-state index contributed by atoms with van der Waals surface area (Å²) in [6, 6.07) is 0.368. The van der Waals surface area contributed by atoms with Crippen LogP contribution in [0.1, 0.15) is 25.7 Å². The Morgan fingerprint density at radius 2 is 1.33 bits per heavy atom. The fourth-order valence-corrected chi connectivity index (χ4v) is 1.88. The molecule has 2 aliphatic rings. The second-order valence-electron chi connectivity index (χ2n) is 3.43. The van der Waals surface area contributed by atoms with Gasteiger partial charge in [-0.25, -0.2) is 0 Å². The van der Waals surface area contributed by atoms with Crippen LogP contribution in [0.2, 0.25) is 0 Å². The average molecular weight is 168 g/mol. The minimum Gasteiger partial charge on any atom is -0.351 e. The van der Waals surface area contributed by atoms with Gasteiger partial charge in [-0.1, -0.05) is 0 Å². The molecule has 0 aromatic rings. The van der Waals surface area contributed by atoms with Gasteiger partial charge in [0.2, 0.25) is 11.8 Å². The Morgan fingerprint density at radius 1 is 0.917 bits per heavy atom. The van der Waals surface area contributed by atoms with Crippen molar-refractivity contribution in [1.29, 1.82) is 0 Å². The van der Waals surface area contributed by atoms with Crippen molar-refractivity contribution in [3.63, 3.8) is 0 Å². The van der Waals surface area contributed by atoms with E-state index < -0.39 is 0 Å². The third-order valence-corrected chi connectivity index (χ3v) is 2.54. The van der Waals surface area contributed by atoms with Crippen LogP contribution in [0.4, 0.5) is 0 Å². The molecule has 2 fully saturated rings. The zero-order valence-electron chi connectivity index (χ0n) is 6.80. The standard InChI is InChI=1S/C8H12N2O2/c11-7-3-1-5(9-7)6-2-4-8(12)10-6/h5-6H,1-4H2,(H,9,11)(H,10,12)/t5-,6-/m0/s1. The van der Waals surface area contributed by atoms with Crippen LogP contribution in [-0.2, 0) is 9.59 Å². The van der Waals surface area contributed by atoms with E-state index in [0.717, 1.165) is 12.8 Å². The summed E-state index contributed by atoms with van der Waals surface area (Å²) in [5.41, 5.74) is 0. The number of amides is 2. The molecular formula is C8H12N2O2. The first-order valence-electron chi connectivity index (χ1n) is 4.34. The number of hydrogen-bond acceptors (Lipinski definition) is 2. The summed E-state index contributed by atoms with van der Waals surface area (Å²) in [6.07, 6.45) is 2.95. The van der Waals surface area contributed by atoms with E-state index >= 15 is 0 Å². The van der Waals surface area contributed by atoms with Crippen LogP contribution < -0.4 is 10.6 Å². The Labute approximate surface area is 70.7 Å². The van der Waals surface area contributed by atoms with Crippen LogP contribution in [0.5, 0.6) is 0 Å². The highest BCUT2D eigenvalue weighted by molar-refractivity contribution is 5.81. The summed E-state index contributed by atoms with van der Waals surface area (Å²) in [5, 5.41) is 5.73. The van der Waals surface area contributed by atoms with E-state index in [-0.39, 0.29) is 23.9 Å². The van der Waals surface area contributed by atoms with Crippen molar-refractivity contribution in [2.45, 2.75) is 37.8 Å². The second kappa shape index (κ2) is 2.77. The monoisotopic (exact) mass is 168 g/mol. The lowest BCUT2D eigenvalue weighted by atomic mass is 10.1. The van der Waals surface area contributed by atoms with Gasteiger partial charge in [-0.15, -0.1) is 0 Å². The average Bonchev–Trinajstić information content (AvgIpc) is 2.58. The van der Waals surface area contributed by atoms with Crippen LogP contribution in [0.25, 0.3) is 0 Å². The molecular weight excluding hydrogens is 156 g/mol.